The molecule has 0 aromatic heterocycles. The van der Waals surface area contributed by atoms with Crippen LogP contribution in [0.4, 0.5) is 0 Å². The van der Waals surface area contributed by atoms with Crippen molar-refractivity contribution >= 4 is 17.7 Å². The molecule has 0 aliphatic carbocycles. The number of rotatable bonds is 7. The maximum absolute atomic E-state index is 12.8. The standard InChI is InChI=1S/C25H28N2O5/c1-15(2)32-19-9-6-17(7-10-19)16(3)26-23(28)18-8-11-21-22(13-18)25(30)27(24(21)29)14-20-5-4-12-31-20/h6-11,13,15-16,20H,4-5,12,14H2,1-3H3,(H,26,28). The number of carbonyl (C=O) groups is 3. The van der Waals surface area contributed by atoms with E-state index in [1.807, 2.05) is 45.0 Å². The predicted octanol–water partition coefficient (Wildman–Crippen LogP) is 3.74. The predicted molar refractivity (Wildman–Crippen MR) is 119 cm³/mol. The monoisotopic (exact) mass is 436 g/mol. The molecule has 1 N–H and O–H groups in total. The Kier molecular flexibility index (Phi) is 6.28. The molecule has 2 aromatic rings. The van der Waals surface area contributed by atoms with Crippen LogP contribution in [-0.2, 0) is 4.74 Å². The number of hydrogen-bond acceptors (Lipinski definition) is 5. The highest BCUT2D eigenvalue weighted by Gasteiger charge is 2.38. The lowest BCUT2D eigenvalue weighted by atomic mass is 10.0. The van der Waals surface area contributed by atoms with Crippen molar-refractivity contribution in [1.82, 2.24) is 10.2 Å². The van der Waals surface area contributed by atoms with E-state index in [1.54, 1.807) is 12.1 Å². The molecular formula is C25H28N2O5. The summed E-state index contributed by atoms with van der Waals surface area (Å²) in [5.41, 5.74) is 1.88. The molecule has 2 aromatic carbocycles. The second-order valence-electron chi connectivity index (χ2n) is 8.55. The molecular weight excluding hydrogens is 408 g/mol. The summed E-state index contributed by atoms with van der Waals surface area (Å²) in [6.07, 6.45) is 1.75. The average molecular weight is 437 g/mol. The molecule has 7 nitrogen and oxygen atoms in total. The van der Waals surface area contributed by atoms with Gasteiger partial charge in [-0.05, 0) is 69.5 Å². The summed E-state index contributed by atoms with van der Waals surface area (Å²) in [6, 6.07) is 12.0. The van der Waals surface area contributed by atoms with E-state index in [0.29, 0.717) is 17.7 Å². The van der Waals surface area contributed by atoms with E-state index in [4.69, 9.17) is 9.47 Å². The van der Waals surface area contributed by atoms with Crippen molar-refractivity contribution in [2.24, 2.45) is 0 Å². The van der Waals surface area contributed by atoms with E-state index in [-0.39, 0.29) is 48.1 Å². The molecule has 32 heavy (non-hydrogen) atoms. The summed E-state index contributed by atoms with van der Waals surface area (Å²) in [4.78, 5) is 39.6. The van der Waals surface area contributed by atoms with Gasteiger partial charge in [0.15, 0.2) is 0 Å². The van der Waals surface area contributed by atoms with Gasteiger partial charge < -0.3 is 14.8 Å². The first-order chi connectivity index (χ1) is 15.3. The van der Waals surface area contributed by atoms with Crippen LogP contribution in [0.5, 0.6) is 5.75 Å². The first kappa shape index (κ1) is 22.0. The smallest absolute Gasteiger partial charge is 0.261 e. The van der Waals surface area contributed by atoms with Crippen LogP contribution in [0.3, 0.4) is 0 Å². The van der Waals surface area contributed by atoms with Crippen LogP contribution in [0.25, 0.3) is 0 Å². The minimum Gasteiger partial charge on any atom is -0.491 e. The number of ether oxygens (including phenoxy) is 2. The van der Waals surface area contributed by atoms with Gasteiger partial charge >= 0.3 is 0 Å². The quantitative estimate of drug-likeness (QED) is 0.669. The molecule has 3 amide bonds. The molecule has 2 unspecified atom stereocenters. The fourth-order valence-corrected chi connectivity index (χ4v) is 4.06. The maximum atomic E-state index is 12.8. The van der Waals surface area contributed by atoms with Crippen molar-refractivity contribution in [3.63, 3.8) is 0 Å². The Hall–Kier alpha value is -3.19. The third kappa shape index (κ3) is 4.53. The Morgan fingerprint density at radius 3 is 2.47 bits per heavy atom. The third-order valence-electron chi connectivity index (χ3n) is 5.74. The van der Waals surface area contributed by atoms with E-state index in [0.717, 1.165) is 24.2 Å². The molecule has 168 valence electrons. The first-order valence-corrected chi connectivity index (χ1v) is 11.0. The normalized spacial score (nSPS) is 18.8. The number of hydrogen-bond donors (Lipinski definition) is 1. The fourth-order valence-electron chi connectivity index (χ4n) is 4.06. The van der Waals surface area contributed by atoms with E-state index < -0.39 is 0 Å². The molecule has 2 heterocycles. The average Bonchev–Trinajstić information content (AvgIpc) is 3.36. The van der Waals surface area contributed by atoms with Crippen LogP contribution in [0.15, 0.2) is 42.5 Å². The number of carbonyl (C=O) groups excluding carboxylic acids is 3. The van der Waals surface area contributed by atoms with Gasteiger partial charge in [-0.2, -0.15) is 0 Å². The van der Waals surface area contributed by atoms with Gasteiger partial charge in [0.05, 0.1) is 35.9 Å². The van der Waals surface area contributed by atoms with Crippen LogP contribution in [0, 0.1) is 0 Å². The summed E-state index contributed by atoms with van der Waals surface area (Å²) >= 11 is 0. The molecule has 2 atom stereocenters. The van der Waals surface area contributed by atoms with Crippen LogP contribution in [0.1, 0.15) is 76.3 Å². The zero-order valence-corrected chi connectivity index (χ0v) is 18.6. The highest BCUT2D eigenvalue weighted by Crippen LogP contribution is 2.26. The minimum absolute atomic E-state index is 0.0917. The van der Waals surface area contributed by atoms with Gasteiger partial charge in [0.1, 0.15) is 5.75 Å². The second-order valence-corrected chi connectivity index (χ2v) is 8.55. The largest absolute Gasteiger partial charge is 0.491 e. The van der Waals surface area contributed by atoms with Crippen molar-refractivity contribution in [1.29, 1.82) is 0 Å². The van der Waals surface area contributed by atoms with Gasteiger partial charge in [-0.3, -0.25) is 19.3 Å². The minimum atomic E-state index is -0.371. The molecule has 1 fully saturated rings. The number of imide groups is 1. The van der Waals surface area contributed by atoms with Crippen molar-refractivity contribution in [3.05, 3.63) is 64.7 Å². The lowest BCUT2D eigenvalue weighted by molar-refractivity contribution is 0.0475. The molecule has 0 saturated carbocycles. The van der Waals surface area contributed by atoms with E-state index in [1.165, 1.54) is 11.0 Å². The van der Waals surface area contributed by atoms with E-state index in [2.05, 4.69) is 5.32 Å². The van der Waals surface area contributed by atoms with Crippen molar-refractivity contribution < 1.29 is 23.9 Å². The Morgan fingerprint density at radius 2 is 1.81 bits per heavy atom. The highest BCUT2D eigenvalue weighted by molar-refractivity contribution is 6.22. The van der Waals surface area contributed by atoms with Gasteiger partial charge in [0.25, 0.3) is 17.7 Å². The number of fused-ring (bicyclic) bond motifs is 1. The SMILES string of the molecule is CC(C)Oc1ccc(C(C)NC(=O)c2ccc3c(c2)C(=O)N(CC2CCCO2)C3=O)cc1. The number of nitrogens with one attached hydrogen (secondary N) is 1. The van der Waals surface area contributed by atoms with Gasteiger partial charge in [-0.15, -0.1) is 0 Å². The van der Waals surface area contributed by atoms with Gasteiger partial charge in [-0.25, -0.2) is 0 Å². The lowest BCUT2D eigenvalue weighted by Crippen LogP contribution is -2.36. The molecule has 0 radical (unpaired) electrons. The Labute approximate surface area is 187 Å². The van der Waals surface area contributed by atoms with Crippen molar-refractivity contribution in [2.75, 3.05) is 13.2 Å². The molecule has 0 bridgehead atoms. The Morgan fingerprint density at radius 1 is 1.09 bits per heavy atom. The molecule has 2 aliphatic heterocycles. The number of benzene rings is 2. The van der Waals surface area contributed by atoms with E-state index in [9.17, 15) is 14.4 Å². The van der Waals surface area contributed by atoms with Gasteiger partial charge in [-0.1, -0.05) is 12.1 Å². The topological polar surface area (TPSA) is 84.9 Å². The molecule has 7 heteroatoms. The van der Waals surface area contributed by atoms with Crippen molar-refractivity contribution in [2.45, 2.75) is 51.9 Å². The lowest BCUT2D eigenvalue weighted by Gasteiger charge is -2.17. The third-order valence-corrected chi connectivity index (χ3v) is 5.74. The molecule has 4 rings (SSSR count). The van der Waals surface area contributed by atoms with Crippen LogP contribution in [-0.4, -0.2) is 48.0 Å². The zero-order chi connectivity index (χ0) is 22.8. The molecule has 2 aliphatic rings. The molecule has 1 saturated heterocycles. The van der Waals surface area contributed by atoms with Gasteiger partial charge in [0, 0.05) is 12.2 Å². The van der Waals surface area contributed by atoms with Crippen LogP contribution < -0.4 is 10.1 Å². The number of amides is 3. The zero-order valence-electron chi connectivity index (χ0n) is 18.6. The summed E-state index contributed by atoms with van der Waals surface area (Å²) in [6.45, 7) is 6.73. The molecule has 0 spiro atoms. The second kappa shape index (κ2) is 9.12. The summed E-state index contributed by atoms with van der Waals surface area (Å²) in [5.74, 6) is -0.231. The fraction of sp³-hybridized carbons (Fsp3) is 0.400. The first-order valence-electron chi connectivity index (χ1n) is 11.0. The van der Waals surface area contributed by atoms with Crippen LogP contribution in [0.2, 0.25) is 0 Å². The summed E-state index contributed by atoms with van der Waals surface area (Å²) in [7, 11) is 0. The highest BCUT2D eigenvalue weighted by atomic mass is 16.5. The maximum Gasteiger partial charge on any atom is 0.261 e. The Balaban J connectivity index is 1.44. The Bertz CT molecular complexity index is 1030. The number of nitrogens with zero attached hydrogens (tertiary/aromatic N) is 1. The summed E-state index contributed by atoms with van der Waals surface area (Å²) < 4.78 is 11.2. The van der Waals surface area contributed by atoms with Gasteiger partial charge in [0.2, 0.25) is 0 Å². The van der Waals surface area contributed by atoms with Crippen molar-refractivity contribution in [3.8, 4) is 5.75 Å². The summed E-state index contributed by atoms with van der Waals surface area (Å²) in [5, 5.41) is 2.95. The van der Waals surface area contributed by atoms with E-state index >= 15 is 0 Å². The van der Waals surface area contributed by atoms with Crippen LogP contribution >= 0.6 is 0 Å².